The zero-order valence-electron chi connectivity index (χ0n) is 10.3. The number of halogens is 3. The SMILES string of the molecule is O=C(CNc1ccc(F)cc1Cl)Nc1ccccc1F. The lowest BCUT2D eigenvalue weighted by Crippen LogP contribution is -2.22. The molecular formula is C14H11ClF2N2O. The first kappa shape index (κ1) is 14.3. The molecule has 0 fully saturated rings. The second-order valence-electron chi connectivity index (χ2n) is 4.01. The quantitative estimate of drug-likeness (QED) is 0.904. The van der Waals surface area contributed by atoms with E-state index in [0.29, 0.717) is 5.69 Å². The average molecular weight is 297 g/mol. The Bertz CT molecular complexity index is 634. The highest BCUT2D eigenvalue weighted by atomic mass is 35.5. The van der Waals surface area contributed by atoms with Gasteiger partial charge >= 0.3 is 0 Å². The van der Waals surface area contributed by atoms with Gasteiger partial charge in [0.2, 0.25) is 5.91 Å². The Kier molecular flexibility index (Phi) is 4.53. The number of carbonyl (C=O) groups excluding carboxylic acids is 1. The van der Waals surface area contributed by atoms with Crippen LogP contribution in [0.3, 0.4) is 0 Å². The van der Waals surface area contributed by atoms with Gasteiger partial charge in [0.15, 0.2) is 0 Å². The summed E-state index contributed by atoms with van der Waals surface area (Å²) in [4.78, 5) is 11.7. The van der Waals surface area contributed by atoms with Gasteiger partial charge in [0.05, 0.1) is 22.9 Å². The molecule has 0 aromatic heterocycles. The van der Waals surface area contributed by atoms with Gasteiger partial charge in [-0.15, -0.1) is 0 Å². The fourth-order valence-corrected chi connectivity index (χ4v) is 1.80. The van der Waals surface area contributed by atoms with Crippen LogP contribution in [-0.2, 0) is 4.79 Å². The van der Waals surface area contributed by atoms with E-state index in [4.69, 9.17) is 11.6 Å². The second-order valence-corrected chi connectivity index (χ2v) is 4.41. The molecule has 1 amide bonds. The Morgan fingerprint density at radius 3 is 2.55 bits per heavy atom. The summed E-state index contributed by atoms with van der Waals surface area (Å²) in [7, 11) is 0. The number of rotatable bonds is 4. The van der Waals surface area contributed by atoms with E-state index in [2.05, 4.69) is 10.6 Å². The lowest BCUT2D eigenvalue weighted by Gasteiger charge is -2.09. The summed E-state index contributed by atoms with van der Waals surface area (Å²) in [6, 6.07) is 9.64. The molecule has 0 saturated heterocycles. The Hall–Kier alpha value is -2.14. The molecule has 6 heteroatoms. The van der Waals surface area contributed by atoms with Crippen LogP contribution >= 0.6 is 11.6 Å². The van der Waals surface area contributed by atoms with Gasteiger partial charge in [-0.1, -0.05) is 23.7 Å². The summed E-state index contributed by atoms with van der Waals surface area (Å²) >= 11 is 5.80. The number of para-hydroxylation sites is 1. The van der Waals surface area contributed by atoms with Crippen molar-refractivity contribution >= 4 is 28.9 Å². The number of amides is 1. The smallest absolute Gasteiger partial charge is 0.243 e. The van der Waals surface area contributed by atoms with Crippen LogP contribution < -0.4 is 10.6 Å². The van der Waals surface area contributed by atoms with Crippen molar-refractivity contribution < 1.29 is 13.6 Å². The van der Waals surface area contributed by atoms with Crippen LogP contribution in [0.5, 0.6) is 0 Å². The summed E-state index contributed by atoms with van der Waals surface area (Å²) in [5, 5.41) is 5.33. The van der Waals surface area contributed by atoms with E-state index >= 15 is 0 Å². The van der Waals surface area contributed by atoms with Crippen molar-refractivity contribution in [3.05, 3.63) is 59.1 Å². The molecule has 0 atom stereocenters. The van der Waals surface area contributed by atoms with Crippen molar-refractivity contribution in [3.63, 3.8) is 0 Å². The van der Waals surface area contributed by atoms with Crippen LogP contribution in [-0.4, -0.2) is 12.5 Å². The van der Waals surface area contributed by atoms with E-state index in [0.717, 1.165) is 6.07 Å². The molecule has 0 aliphatic carbocycles. The Labute approximate surface area is 119 Å². The molecule has 0 aliphatic rings. The molecule has 0 bridgehead atoms. The largest absolute Gasteiger partial charge is 0.375 e. The summed E-state index contributed by atoms with van der Waals surface area (Å²) in [6.07, 6.45) is 0. The maximum Gasteiger partial charge on any atom is 0.243 e. The highest BCUT2D eigenvalue weighted by Crippen LogP contribution is 2.22. The molecule has 2 N–H and O–H groups in total. The Balaban J connectivity index is 1.94. The van der Waals surface area contributed by atoms with Gasteiger partial charge in [-0.25, -0.2) is 8.78 Å². The van der Waals surface area contributed by atoms with Gasteiger partial charge in [-0.2, -0.15) is 0 Å². The molecule has 2 aromatic carbocycles. The number of nitrogens with one attached hydrogen (secondary N) is 2. The maximum absolute atomic E-state index is 13.3. The van der Waals surface area contributed by atoms with Crippen molar-refractivity contribution in [2.45, 2.75) is 0 Å². The second kappa shape index (κ2) is 6.34. The number of hydrogen-bond donors (Lipinski definition) is 2. The molecular weight excluding hydrogens is 286 g/mol. The summed E-state index contributed by atoms with van der Waals surface area (Å²) in [5.74, 6) is -1.41. The molecule has 2 rings (SSSR count). The van der Waals surface area contributed by atoms with Gasteiger partial charge in [0.25, 0.3) is 0 Å². The van der Waals surface area contributed by atoms with Crippen molar-refractivity contribution in [2.24, 2.45) is 0 Å². The monoisotopic (exact) mass is 296 g/mol. The molecule has 0 saturated carbocycles. The third kappa shape index (κ3) is 3.68. The predicted molar refractivity (Wildman–Crippen MR) is 74.9 cm³/mol. The van der Waals surface area contributed by atoms with Crippen LogP contribution in [0, 0.1) is 11.6 Å². The molecule has 2 aromatic rings. The standard InChI is InChI=1S/C14H11ClF2N2O/c15-10-7-9(16)5-6-12(10)18-8-14(20)19-13-4-2-1-3-11(13)17/h1-7,18H,8H2,(H,19,20). The van der Waals surface area contributed by atoms with Gasteiger partial charge < -0.3 is 10.6 Å². The average Bonchev–Trinajstić information content (AvgIpc) is 2.40. The van der Waals surface area contributed by atoms with Gasteiger partial charge in [-0.05, 0) is 30.3 Å². The summed E-state index contributed by atoms with van der Waals surface area (Å²) in [5.41, 5.74) is 0.529. The van der Waals surface area contributed by atoms with E-state index in [9.17, 15) is 13.6 Å². The first-order valence-electron chi connectivity index (χ1n) is 5.79. The predicted octanol–water partition coefficient (Wildman–Crippen LogP) is 3.67. The first-order chi connectivity index (χ1) is 9.56. The minimum Gasteiger partial charge on any atom is -0.375 e. The summed E-state index contributed by atoms with van der Waals surface area (Å²) < 4.78 is 26.2. The molecule has 0 spiro atoms. The third-order valence-corrected chi connectivity index (χ3v) is 2.83. The normalized spacial score (nSPS) is 10.2. The minimum atomic E-state index is -0.513. The third-order valence-electron chi connectivity index (χ3n) is 2.52. The number of hydrogen-bond acceptors (Lipinski definition) is 2. The molecule has 0 radical (unpaired) electrons. The fourth-order valence-electron chi connectivity index (χ4n) is 1.57. The van der Waals surface area contributed by atoms with Crippen LogP contribution in [0.15, 0.2) is 42.5 Å². The minimum absolute atomic E-state index is 0.101. The molecule has 0 aliphatic heterocycles. The zero-order valence-corrected chi connectivity index (χ0v) is 11.0. The van der Waals surface area contributed by atoms with Crippen molar-refractivity contribution in [2.75, 3.05) is 17.2 Å². The molecule has 3 nitrogen and oxygen atoms in total. The van der Waals surface area contributed by atoms with Crippen molar-refractivity contribution in [3.8, 4) is 0 Å². The number of benzene rings is 2. The highest BCUT2D eigenvalue weighted by Gasteiger charge is 2.07. The molecule has 0 unspecified atom stereocenters. The van der Waals surface area contributed by atoms with Gasteiger partial charge in [-0.3, -0.25) is 4.79 Å². The first-order valence-corrected chi connectivity index (χ1v) is 6.17. The lowest BCUT2D eigenvalue weighted by atomic mass is 10.3. The molecule has 104 valence electrons. The van der Waals surface area contributed by atoms with Crippen molar-refractivity contribution in [1.29, 1.82) is 0 Å². The van der Waals surface area contributed by atoms with Crippen LogP contribution in [0.4, 0.5) is 20.2 Å². The molecule has 0 heterocycles. The van der Waals surface area contributed by atoms with Gasteiger partial charge in [0.1, 0.15) is 11.6 Å². The maximum atomic E-state index is 13.3. The zero-order chi connectivity index (χ0) is 14.5. The summed E-state index contributed by atoms with van der Waals surface area (Å²) in [6.45, 7) is -0.111. The van der Waals surface area contributed by atoms with Crippen LogP contribution in [0.25, 0.3) is 0 Å². The van der Waals surface area contributed by atoms with E-state index < -0.39 is 17.5 Å². The topological polar surface area (TPSA) is 41.1 Å². The Morgan fingerprint density at radius 1 is 1.10 bits per heavy atom. The highest BCUT2D eigenvalue weighted by molar-refractivity contribution is 6.33. The lowest BCUT2D eigenvalue weighted by molar-refractivity contribution is -0.114. The van der Waals surface area contributed by atoms with Crippen LogP contribution in [0.1, 0.15) is 0 Å². The van der Waals surface area contributed by atoms with E-state index in [-0.39, 0.29) is 17.3 Å². The van der Waals surface area contributed by atoms with Crippen LogP contribution in [0.2, 0.25) is 5.02 Å². The molecule has 20 heavy (non-hydrogen) atoms. The van der Waals surface area contributed by atoms with E-state index in [1.54, 1.807) is 6.07 Å². The van der Waals surface area contributed by atoms with Gasteiger partial charge in [0, 0.05) is 0 Å². The number of carbonyl (C=O) groups is 1. The van der Waals surface area contributed by atoms with Crippen molar-refractivity contribution in [1.82, 2.24) is 0 Å². The fraction of sp³-hybridized carbons (Fsp3) is 0.0714. The Morgan fingerprint density at radius 2 is 1.85 bits per heavy atom. The van der Waals surface area contributed by atoms with E-state index in [1.165, 1.54) is 30.3 Å². The van der Waals surface area contributed by atoms with E-state index in [1.807, 2.05) is 0 Å². The number of anilines is 2.